The normalized spacial score (nSPS) is 10.4. The second-order valence-electron chi connectivity index (χ2n) is 2.87. The molecule has 0 saturated carbocycles. The third-order valence-corrected chi connectivity index (χ3v) is 2.54. The predicted octanol–water partition coefficient (Wildman–Crippen LogP) is 1.89. The number of nitrogens with zero attached hydrogens (tertiary/aromatic N) is 4. The molecule has 0 aliphatic carbocycles. The molecular weight excluding hydrogens is 246 g/mol. The van der Waals surface area contributed by atoms with Crippen molar-refractivity contribution in [3.8, 4) is 11.5 Å². The minimum absolute atomic E-state index is 0.186. The van der Waals surface area contributed by atoms with Crippen molar-refractivity contribution in [1.29, 1.82) is 0 Å². The summed E-state index contributed by atoms with van der Waals surface area (Å²) in [4.78, 5) is 16.3. The molecule has 0 amide bonds. The summed E-state index contributed by atoms with van der Waals surface area (Å²) < 4.78 is 0. The summed E-state index contributed by atoms with van der Waals surface area (Å²) >= 11 is 7.14. The fraction of sp³-hybridized carbons (Fsp3) is 0.111. The van der Waals surface area contributed by atoms with Crippen molar-refractivity contribution in [2.45, 2.75) is 5.16 Å². The topological polar surface area (TPSA) is 77.6 Å². The van der Waals surface area contributed by atoms with Crippen LogP contribution in [0.15, 0.2) is 23.5 Å². The van der Waals surface area contributed by atoms with Crippen LogP contribution in [-0.4, -0.2) is 26.2 Å². The predicted molar refractivity (Wildman–Crippen MR) is 64.3 cm³/mol. The number of rotatable bonds is 2. The molecule has 16 heavy (non-hydrogen) atoms. The van der Waals surface area contributed by atoms with Gasteiger partial charge >= 0.3 is 0 Å². The molecule has 0 bridgehead atoms. The number of thioether (sulfide) groups is 1. The minimum atomic E-state index is 0.186. The quantitative estimate of drug-likeness (QED) is 0.824. The molecule has 0 radical (unpaired) electrons. The Hall–Kier alpha value is -1.40. The Labute approximate surface area is 101 Å². The third-order valence-electron chi connectivity index (χ3n) is 1.77. The van der Waals surface area contributed by atoms with Crippen molar-refractivity contribution < 1.29 is 0 Å². The smallest absolute Gasteiger partial charge is 0.224 e. The molecule has 82 valence electrons. The van der Waals surface area contributed by atoms with E-state index in [0.29, 0.717) is 21.7 Å². The van der Waals surface area contributed by atoms with Gasteiger partial charge in [0.25, 0.3) is 0 Å². The second-order valence-corrected chi connectivity index (χ2v) is 4.08. The molecule has 0 unspecified atom stereocenters. The lowest BCUT2D eigenvalue weighted by atomic mass is 10.3. The first-order chi connectivity index (χ1) is 7.69. The fourth-order valence-corrected chi connectivity index (χ4v) is 1.56. The van der Waals surface area contributed by atoms with E-state index in [4.69, 9.17) is 17.3 Å². The van der Waals surface area contributed by atoms with Gasteiger partial charge in [-0.1, -0.05) is 23.4 Å². The molecule has 5 nitrogen and oxygen atoms in total. The number of pyridine rings is 1. The molecule has 0 aromatic carbocycles. The van der Waals surface area contributed by atoms with E-state index in [2.05, 4.69) is 19.9 Å². The van der Waals surface area contributed by atoms with E-state index >= 15 is 0 Å². The van der Waals surface area contributed by atoms with Gasteiger partial charge in [-0.2, -0.15) is 9.97 Å². The molecule has 2 rings (SSSR count). The van der Waals surface area contributed by atoms with E-state index in [-0.39, 0.29) is 5.95 Å². The van der Waals surface area contributed by atoms with Crippen LogP contribution in [0, 0.1) is 0 Å². The van der Waals surface area contributed by atoms with Crippen LogP contribution in [-0.2, 0) is 0 Å². The van der Waals surface area contributed by atoms with Crippen molar-refractivity contribution in [1.82, 2.24) is 19.9 Å². The summed E-state index contributed by atoms with van der Waals surface area (Å²) in [6.45, 7) is 0. The standard InChI is InChI=1S/C9H8ClN5S/c1-16-9-14-7(13-8(11)15-9)6-3-2-5(10)4-12-6/h2-4H,1H3,(H2,11,13,14,15). The van der Waals surface area contributed by atoms with E-state index < -0.39 is 0 Å². The van der Waals surface area contributed by atoms with Gasteiger partial charge in [0.15, 0.2) is 11.0 Å². The number of hydrogen-bond acceptors (Lipinski definition) is 6. The number of aromatic nitrogens is 4. The zero-order valence-electron chi connectivity index (χ0n) is 8.38. The average Bonchev–Trinajstić information content (AvgIpc) is 2.29. The molecule has 2 heterocycles. The first-order valence-corrected chi connectivity index (χ1v) is 5.97. The third kappa shape index (κ3) is 2.40. The highest BCUT2D eigenvalue weighted by atomic mass is 35.5. The van der Waals surface area contributed by atoms with Gasteiger partial charge in [-0.3, -0.25) is 4.98 Å². The fourth-order valence-electron chi connectivity index (χ4n) is 1.09. The Morgan fingerprint density at radius 3 is 2.69 bits per heavy atom. The first-order valence-electron chi connectivity index (χ1n) is 4.36. The maximum atomic E-state index is 5.74. The van der Waals surface area contributed by atoms with Crippen LogP contribution in [0.4, 0.5) is 5.95 Å². The van der Waals surface area contributed by atoms with E-state index in [0.717, 1.165) is 0 Å². The Bertz CT molecular complexity index is 502. The number of anilines is 1. The lowest BCUT2D eigenvalue weighted by molar-refractivity contribution is 0.921. The molecule has 2 N–H and O–H groups in total. The Balaban J connectivity index is 2.47. The molecule has 0 atom stereocenters. The minimum Gasteiger partial charge on any atom is -0.368 e. The maximum Gasteiger partial charge on any atom is 0.224 e. The van der Waals surface area contributed by atoms with Gasteiger partial charge in [0.1, 0.15) is 5.69 Å². The summed E-state index contributed by atoms with van der Waals surface area (Å²) in [5, 5.41) is 1.13. The van der Waals surface area contributed by atoms with Gasteiger partial charge in [-0.25, -0.2) is 4.98 Å². The molecule has 0 aliphatic heterocycles. The molecule has 2 aromatic heterocycles. The summed E-state index contributed by atoms with van der Waals surface area (Å²) in [6.07, 6.45) is 3.41. The van der Waals surface area contributed by atoms with Crippen molar-refractivity contribution in [2.24, 2.45) is 0 Å². The van der Waals surface area contributed by atoms with Crippen LogP contribution in [0.1, 0.15) is 0 Å². The Kier molecular flexibility index (Phi) is 3.21. The van der Waals surface area contributed by atoms with Crippen molar-refractivity contribution in [2.75, 3.05) is 12.0 Å². The number of nitrogen functional groups attached to an aromatic ring is 1. The van der Waals surface area contributed by atoms with Gasteiger partial charge < -0.3 is 5.73 Å². The van der Waals surface area contributed by atoms with E-state index in [1.807, 2.05) is 6.26 Å². The highest BCUT2D eigenvalue weighted by molar-refractivity contribution is 7.98. The van der Waals surface area contributed by atoms with Crippen LogP contribution in [0.5, 0.6) is 0 Å². The van der Waals surface area contributed by atoms with Gasteiger partial charge in [-0.05, 0) is 18.4 Å². The second kappa shape index (κ2) is 4.63. The molecule has 0 spiro atoms. The monoisotopic (exact) mass is 253 g/mol. The average molecular weight is 254 g/mol. The van der Waals surface area contributed by atoms with Gasteiger partial charge in [0.05, 0.1) is 5.02 Å². The summed E-state index contributed by atoms with van der Waals surface area (Å²) in [6, 6.07) is 3.46. The Morgan fingerprint density at radius 1 is 1.25 bits per heavy atom. The van der Waals surface area contributed by atoms with Gasteiger partial charge in [0, 0.05) is 6.20 Å². The highest BCUT2D eigenvalue weighted by Gasteiger charge is 2.07. The van der Waals surface area contributed by atoms with Crippen LogP contribution >= 0.6 is 23.4 Å². The van der Waals surface area contributed by atoms with Crippen molar-refractivity contribution >= 4 is 29.3 Å². The van der Waals surface area contributed by atoms with Gasteiger partial charge in [0.2, 0.25) is 5.95 Å². The summed E-state index contributed by atoms with van der Waals surface area (Å²) in [5.41, 5.74) is 6.19. The van der Waals surface area contributed by atoms with E-state index in [1.54, 1.807) is 12.1 Å². The number of nitrogens with two attached hydrogens (primary N) is 1. The number of hydrogen-bond donors (Lipinski definition) is 1. The molecule has 0 saturated heterocycles. The largest absolute Gasteiger partial charge is 0.368 e. The van der Waals surface area contributed by atoms with E-state index in [9.17, 15) is 0 Å². The van der Waals surface area contributed by atoms with Crippen LogP contribution < -0.4 is 5.73 Å². The lowest BCUT2D eigenvalue weighted by Gasteiger charge is -2.02. The number of halogens is 1. The molecule has 0 aliphatic rings. The van der Waals surface area contributed by atoms with Crippen LogP contribution in [0.2, 0.25) is 5.02 Å². The first kappa shape index (κ1) is 11.1. The Morgan fingerprint density at radius 2 is 2.06 bits per heavy atom. The van der Waals surface area contributed by atoms with Crippen LogP contribution in [0.25, 0.3) is 11.5 Å². The zero-order chi connectivity index (χ0) is 11.5. The molecule has 7 heteroatoms. The SMILES string of the molecule is CSc1nc(N)nc(-c2ccc(Cl)cn2)n1. The van der Waals surface area contributed by atoms with Crippen molar-refractivity contribution in [3.63, 3.8) is 0 Å². The summed E-state index contributed by atoms with van der Waals surface area (Å²) in [7, 11) is 0. The van der Waals surface area contributed by atoms with E-state index in [1.165, 1.54) is 18.0 Å². The van der Waals surface area contributed by atoms with Crippen LogP contribution in [0.3, 0.4) is 0 Å². The summed E-state index contributed by atoms with van der Waals surface area (Å²) in [5.74, 6) is 0.639. The zero-order valence-corrected chi connectivity index (χ0v) is 9.96. The molecule has 2 aromatic rings. The molecular formula is C9H8ClN5S. The maximum absolute atomic E-state index is 5.74. The van der Waals surface area contributed by atoms with Crippen molar-refractivity contribution in [3.05, 3.63) is 23.4 Å². The molecule has 0 fully saturated rings. The van der Waals surface area contributed by atoms with Gasteiger partial charge in [-0.15, -0.1) is 0 Å². The lowest BCUT2D eigenvalue weighted by Crippen LogP contribution is -2.02. The highest BCUT2D eigenvalue weighted by Crippen LogP contribution is 2.18.